The first-order valence-corrected chi connectivity index (χ1v) is 12.6. The minimum absolute atomic E-state index is 0.0383. The molecule has 34 heavy (non-hydrogen) atoms. The van der Waals surface area contributed by atoms with Crippen molar-refractivity contribution < 1.29 is 9.59 Å². The quantitative estimate of drug-likeness (QED) is 0.409. The Hall–Kier alpha value is -3.45. The Balaban J connectivity index is 1.19. The maximum atomic E-state index is 13.2. The van der Waals surface area contributed by atoms with E-state index in [1.165, 1.54) is 16.9 Å². The van der Waals surface area contributed by atoms with Gasteiger partial charge in [0.05, 0.1) is 16.3 Å². The SMILES string of the molecule is Cc1nn(-c2ccccc2)c2sc(C(=O)N3CCN(C(=O)CCCc4ccccc4)CC3)cc12. The molecule has 0 bridgehead atoms. The van der Waals surface area contributed by atoms with Gasteiger partial charge in [0.1, 0.15) is 4.83 Å². The normalized spacial score (nSPS) is 14.0. The van der Waals surface area contributed by atoms with Crippen LogP contribution in [0.2, 0.25) is 0 Å². The number of hydrogen-bond acceptors (Lipinski definition) is 4. The Morgan fingerprint density at radius 1 is 0.912 bits per heavy atom. The summed E-state index contributed by atoms with van der Waals surface area (Å²) in [6, 6.07) is 22.2. The van der Waals surface area contributed by atoms with Crippen molar-refractivity contribution in [3.8, 4) is 5.69 Å². The molecule has 0 unspecified atom stereocenters. The number of para-hydroxylation sites is 1. The zero-order chi connectivity index (χ0) is 23.5. The van der Waals surface area contributed by atoms with Gasteiger partial charge in [-0.05, 0) is 43.5 Å². The average Bonchev–Trinajstić information content (AvgIpc) is 3.45. The van der Waals surface area contributed by atoms with Gasteiger partial charge in [-0.1, -0.05) is 48.5 Å². The van der Waals surface area contributed by atoms with Gasteiger partial charge in [0.15, 0.2) is 0 Å². The van der Waals surface area contributed by atoms with Crippen LogP contribution in [0.25, 0.3) is 15.9 Å². The van der Waals surface area contributed by atoms with Gasteiger partial charge < -0.3 is 9.80 Å². The molecule has 2 amide bonds. The van der Waals surface area contributed by atoms with E-state index in [2.05, 4.69) is 17.2 Å². The summed E-state index contributed by atoms with van der Waals surface area (Å²) in [6.07, 6.45) is 2.31. The lowest BCUT2D eigenvalue weighted by molar-refractivity contribution is -0.132. The number of carbonyl (C=O) groups excluding carboxylic acids is 2. The summed E-state index contributed by atoms with van der Waals surface area (Å²) in [4.78, 5) is 31.4. The number of thiophene rings is 1. The van der Waals surface area contributed by atoms with Gasteiger partial charge in [-0.3, -0.25) is 9.59 Å². The molecule has 1 aliphatic heterocycles. The van der Waals surface area contributed by atoms with Gasteiger partial charge in [-0.2, -0.15) is 5.10 Å². The lowest BCUT2D eigenvalue weighted by atomic mass is 10.1. The summed E-state index contributed by atoms with van der Waals surface area (Å²) >= 11 is 1.49. The highest BCUT2D eigenvalue weighted by Crippen LogP contribution is 2.31. The number of fused-ring (bicyclic) bond motifs is 1. The van der Waals surface area contributed by atoms with E-state index in [9.17, 15) is 9.59 Å². The maximum Gasteiger partial charge on any atom is 0.264 e. The highest BCUT2D eigenvalue weighted by atomic mass is 32.1. The van der Waals surface area contributed by atoms with Crippen molar-refractivity contribution >= 4 is 33.4 Å². The topological polar surface area (TPSA) is 58.4 Å². The van der Waals surface area contributed by atoms with Gasteiger partial charge in [-0.25, -0.2) is 4.68 Å². The number of benzene rings is 2. The number of carbonyl (C=O) groups is 2. The smallest absolute Gasteiger partial charge is 0.264 e. The van der Waals surface area contributed by atoms with E-state index in [0.29, 0.717) is 32.6 Å². The summed E-state index contributed by atoms with van der Waals surface area (Å²) in [6.45, 7) is 4.31. The third kappa shape index (κ3) is 4.61. The lowest BCUT2D eigenvalue weighted by Crippen LogP contribution is -2.50. The second-order valence-corrected chi connectivity index (χ2v) is 9.71. The van der Waals surface area contributed by atoms with Gasteiger partial charge in [0.25, 0.3) is 5.91 Å². The van der Waals surface area contributed by atoms with E-state index in [-0.39, 0.29) is 11.8 Å². The molecule has 0 atom stereocenters. The van der Waals surface area contributed by atoms with Crippen molar-refractivity contribution in [2.75, 3.05) is 26.2 Å². The number of rotatable bonds is 6. The summed E-state index contributed by atoms with van der Waals surface area (Å²) in [5, 5.41) is 5.68. The van der Waals surface area contributed by atoms with Crippen LogP contribution in [-0.2, 0) is 11.2 Å². The van der Waals surface area contributed by atoms with Crippen molar-refractivity contribution in [1.29, 1.82) is 0 Å². The molecule has 2 aromatic heterocycles. The first-order chi connectivity index (χ1) is 16.6. The van der Waals surface area contributed by atoms with Crippen LogP contribution in [0.5, 0.6) is 0 Å². The van der Waals surface area contributed by atoms with E-state index in [1.54, 1.807) is 0 Å². The summed E-state index contributed by atoms with van der Waals surface area (Å²) in [5.41, 5.74) is 3.17. The number of hydrogen-bond donors (Lipinski definition) is 0. The van der Waals surface area contributed by atoms with Crippen molar-refractivity contribution in [3.05, 3.63) is 82.9 Å². The Kier molecular flexibility index (Phi) is 6.45. The van der Waals surface area contributed by atoms with E-state index in [0.717, 1.165) is 39.3 Å². The average molecular weight is 473 g/mol. The minimum atomic E-state index is 0.0383. The van der Waals surface area contributed by atoms with E-state index >= 15 is 0 Å². The molecule has 3 heterocycles. The number of aryl methyl sites for hydroxylation is 2. The van der Waals surface area contributed by atoms with Crippen molar-refractivity contribution in [3.63, 3.8) is 0 Å². The van der Waals surface area contributed by atoms with Gasteiger partial charge in [-0.15, -0.1) is 11.3 Å². The second kappa shape index (κ2) is 9.81. The molecule has 0 spiro atoms. The second-order valence-electron chi connectivity index (χ2n) is 8.67. The molecule has 1 aliphatic rings. The monoisotopic (exact) mass is 472 g/mol. The molecule has 7 heteroatoms. The van der Waals surface area contributed by atoms with E-state index < -0.39 is 0 Å². The third-order valence-electron chi connectivity index (χ3n) is 6.37. The van der Waals surface area contributed by atoms with Crippen LogP contribution in [-0.4, -0.2) is 57.6 Å². The molecule has 4 aromatic rings. The molecule has 174 valence electrons. The van der Waals surface area contributed by atoms with Crippen LogP contribution >= 0.6 is 11.3 Å². The van der Waals surface area contributed by atoms with Crippen LogP contribution in [0, 0.1) is 6.92 Å². The number of aromatic nitrogens is 2. The summed E-state index contributed by atoms with van der Waals surface area (Å²) in [7, 11) is 0. The molecule has 0 N–H and O–H groups in total. The largest absolute Gasteiger partial charge is 0.339 e. The predicted molar refractivity (Wildman–Crippen MR) is 136 cm³/mol. The van der Waals surface area contributed by atoms with Gasteiger partial charge in [0.2, 0.25) is 5.91 Å². The number of piperazine rings is 1. The Morgan fingerprint density at radius 3 is 2.26 bits per heavy atom. The van der Waals surface area contributed by atoms with Gasteiger partial charge >= 0.3 is 0 Å². The fourth-order valence-corrected chi connectivity index (χ4v) is 5.61. The zero-order valence-corrected chi connectivity index (χ0v) is 20.1. The molecule has 0 aliphatic carbocycles. The molecular formula is C27H28N4O2S. The lowest BCUT2D eigenvalue weighted by Gasteiger charge is -2.34. The van der Waals surface area contributed by atoms with Crippen LogP contribution in [0.4, 0.5) is 0 Å². The summed E-state index contributed by atoms with van der Waals surface area (Å²) < 4.78 is 1.91. The zero-order valence-electron chi connectivity index (χ0n) is 19.3. The molecular weight excluding hydrogens is 444 g/mol. The molecule has 2 aromatic carbocycles. The van der Waals surface area contributed by atoms with Crippen LogP contribution in [0.1, 0.15) is 33.8 Å². The molecule has 6 nitrogen and oxygen atoms in total. The molecule has 5 rings (SSSR count). The predicted octanol–water partition coefficient (Wildman–Crippen LogP) is 4.70. The van der Waals surface area contributed by atoms with Crippen LogP contribution in [0.3, 0.4) is 0 Å². The molecule has 1 saturated heterocycles. The van der Waals surface area contributed by atoms with E-state index in [4.69, 9.17) is 0 Å². The van der Waals surface area contributed by atoms with Crippen molar-refractivity contribution in [1.82, 2.24) is 19.6 Å². The minimum Gasteiger partial charge on any atom is -0.339 e. The molecule has 1 fully saturated rings. The first-order valence-electron chi connectivity index (χ1n) is 11.8. The molecule has 0 radical (unpaired) electrons. The summed E-state index contributed by atoms with van der Waals surface area (Å²) in [5.74, 6) is 0.222. The fraction of sp³-hybridized carbons (Fsp3) is 0.296. The first kappa shape index (κ1) is 22.3. The fourth-order valence-electron chi connectivity index (χ4n) is 4.46. The Bertz CT molecular complexity index is 1290. The standard InChI is InChI=1S/C27H28N4O2S/c1-20-23-19-24(34-27(23)31(28-20)22-12-6-3-7-13-22)26(33)30-17-15-29(16-18-30)25(32)14-8-11-21-9-4-2-5-10-21/h2-7,9-10,12-13,19H,8,11,14-18H2,1H3. The van der Waals surface area contributed by atoms with E-state index in [1.807, 2.05) is 76.0 Å². The van der Waals surface area contributed by atoms with Crippen molar-refractivity contribution in [2.24, 2.45) is 0 Å². The Labute approximate surface area is 203 Å². The number of amides is 2. The van der Waals surface area contributed by atoms with Gasteiger partial charge in [0, 0.05) is 38.0 Å². The third-order valence-corrected chi connectivity index (χ3v) is 7.47. The maximum absolute atomic E-state index is 13.2. The van der Waals surface area contributed by atoms with Crippen LogP contribution < -0.4 is 0 Å². The van der Waals surface area contributed by atoms with Crippen LogP contribution in [0.15, 0.2) is 66.7 Å². The molecule has 0 saturated carbocycles. The highest BCUT2D eigenvalue weighted by Gasteiger charge is 2.26. The highest BCUT2D eigenvalue weighted by molar-refractivity contribution is 7.20. The Morgan fingerprint density at radius 2 is 1.56 bits per heavy atom. The van der Waals surface area contributed by atoms with Crippen molar-refractivity contribution in [2.45, 2.75) is 26.2 Å². The number of nitrogens with zero attached hydrogens (tertiary/aromatic N) is 4.